The van der Waals surface area contributed by atoms with Gasteiger partial charge in [-0.3, -0.25) is 14.6 Å². The van der Waals surface area contributed by atoms with E-state index < -0.39 is 0 Å². The minimum absolute atomic E-state index is 0.0303. The van der Waals surface area contributed by atoms with Gasteiger partial charge in [-0.1, -0.05) is 36.4 Å². The average Bonchev–Trinajstić information content (AvgIpc) is 3.66. The summed E-state index contributed by atoms with van der Waals surface area (Å²) in [5.74, 6) is 0.0142. The number of hydrogen-bond donors (Lipinski definition) is 2. The van der Waals surface area contributed by atoms with E-state index in [1.807, 2.05) is 93.1 Å². The van der Waals surface area contributed by atoms with E-state index in [9.17, 15) is 9.59 Å². The number of nitrogens with one attached hydrogen (secondary N) is 2. The van der Waals surface area contributed by atoms with Gasteiger partial charge in [-0.15, -0.1) is 0 Å². The molecule has 0 radical (unpaired) electrons. The van der Waals surface area contributed by atoms with Crippen molar-refractivity contribution in [3.8, 4) is 0 Å². The third-order valence-corrected chi connectivity index (χ3v) is 6.39. The quantitative estimate of drug-likeness (QED) is 0.390. The number of hydrogen-bond acceptors (Lipinski definition) is 4. The van der Waals surface area contributed by atoms with Gasteiger partial charge in [-0.2, -0.15) is 0 Å². The van der Waals surface area contributed by atoms with Crippen molar-refractivity contribution in [3.63, 3.8) is 0 Å². The van der Waals surface area contributed by atoms with E-state index in [-0.39, 0.29) is 23.7 Å². The zero-order chi connectivity index (χ0) is 24.4. The molecule has 3 aromatic carbocycles. The van der Waals surface area contributed by atoms with Gasteiger partial charge in [0.15, 0.2) is 0 Å². The van der Waals surface area contributed by atoms with Gasteiger partial charge >= 0.3 is 0 Å². The molecule has 4 aromatic rings. The number of fused-ring (bicyclic) bond motifs is 1. The van der Waals surface area contributed by atoms with E-state index in [4.69, 9.17) is 0 Å². The molecule has 1 saturated carbocycles. The van der Waals surface area contributed by atoms with Crippen LogP contribution in [-0.4, -0.2) is 35.8 Å². The first-order chi connectivity index (χ1) is 17.0. The molecule has 1 aromatic heterocycles. The van der Waals surface area contributed by atoms with Crippen molar-refractivity contribution >= 4 is 34.0 Å². The summed E-state index contributed by atoms with van der Waals surface area (Å²) in [6, 6.07) is 23.2. The topological polar surface area (TPSA) is 74.3 Å². The van der Waals surface area contributed by atoms with Gasteiger partial charge in [0, 0.05) is 47.2 Å². The van der Waals surface area contributed by atoms with Gasteiger partial charge in [0.25, 0.3) is 5.91 Å². The highest BCUT2D eigenvalue weighted by atomic mass is 16.2. The molecular weight excluding hydrogens is 436 g/mol. The monoisotopic (exact) mass is 464 g/mol. The van der Waals surface area contributed by atoms with E-state index in [0.29, 0.717) is 5.56 Å². The van der Waals surface area contributed by atoms with Gasteiger partial charge in [0.1, 0.15) is 0 Å². The number of rotatable bonds is 7. The molecule has 6 nitrogen and oxygen atoms in total. The Hall–Kier alpha value is -4.03. The molecule has 0 saturated heterocycles. The third kappa shape index (κ3) is 5.23. The highest BCUT2D eigenvalue weighted by molar-refractivity contribution is 6.04. The number of carbonyl (C=O) groups is 2. The minimum atomic E-state index is -0.139. The second kappa shape index (κ2) is 9.68. The van der Waals surface area contributed by atoms with Crippen molar-refractivity contribution in [2.45, 2.75) is 18.9 Å². The van der Waals surface area contributed by atoms with Crippen LogP contribution in [0.3, 0.4) is 0 Å². The average molecular weight is 465 g/mol. The Morgan fingerprint density at radius 1 is 0.943 bits per heavy atom. The van der Waals surface area contributed by atoms with Gasteiger partial charge in [-0.05, 0) is 79.3 Å². The predicted octanol–water partition coefficient (Wildman–Crippen LogP) is 5.29. The Bertz CT molecular complexity index is 1380. The summed E-state index contributed by atoms with van der Waals surface area (Å²) in [4.78, 5) is 31.8. The van der Waals surface area contributed by atoms with Crippen molar-refractivity contribution in [1.82, 2.24) is 9.88 Å². The van der Waals surface area contributed by atoms with Crippen molar-refractivity contribution in [1.29, 1.82) is 0 Å². The second-order valence-electron chi connectivity index (χ2n) is 9.35. The molecule has 5 rings (SSSR count). The highest BCUT2D eigenvalue weighted by Gasteiger charge is 2.43. The zero-order valence-corrected chi connectivity index (χ0v) is 19.9. The molecule has 1 unspecified atom stereocenters. The Labute approximate surface area is 205 Å². The van der Waals surface area contributed by atoms with Crippen LogP contribution in [0.15, 0.2) is 85.2 Å². The first-order valence-corrected chi connectivity index (χ1v) is 11.8. The Kier molecular flexibility index (Phi) is 6.29. The summed E-state index contributed by atoms with van der Waals surface area (Å²) in [6.45, 7) is 0.747. The smallest absolute Gasteiger partial charge is 0.255 e. The Morgan fingerprint density at radius 2 is 1.74 bits per heavy atom. The summed E-state index contributed by atoms with van der Waals surface area (Å²) in [5, 5.41) is 8.16. The van der Waals surface area contributed by atoms with Crippen LogP contribution >= 0.6 is 0 Å². The van der Waals surface area contributed by atoms with Crippen LogP contribution in [0.25, 0.3) is 10.8 Å². The van der Waals surface area contributed by atoms with Crippen molar-refractivity contribution in [3.05, 3.63) is 102 Å². The van der Waals surface area contributed by atoms with E-state index in [1.165, 1.54) is 0 Å². The fourth-order valence-electron chi connectivity index (χ4n) is 4.45. The maximum atomic E-state index is 12.8. The SMILES string of the molecule is CN(C)Cc1ccccc1NC(=O)c1ccc(C2C[C@H]2C(=O)Nc2ccc3cnccc3c2)cc1. The largest absolute Gasteiger partial charge is 0.326 e. The van der Waals surface area contributed by atoms with E-state index in [2.05, 4.69) is 20.5 Å². The van der Waals surface area contributed by atoms with E-state index in [1.54, 1.807) is 6.20 Å². The first-order valence-electron chi connectivity index (χ1n) is 11.8. The fraction of sp³-hybridized carbons (Fsp3) is 0.207. The number of anilines is 2. The van der Waals surface area contributed by atoms with Crippen LogP contribution in [0.5, 0.6) is 0 Å². The molecule has 2 N–H and O–H groups in total. The Morgan fingerprint density at radius 3 is 2.54 bits per heavy atom. The molecule has 0 bridgehead atoms. The van der Waals surface area contributed by atoms with Gasteiger partial charge in [0.05, 0.1) is 0 Å². The van der Waals surface area contributed by atoms with Crippen molar-refractivity contribution in [2.24, 2.45) is 5.92 Å². The van der Waals surface area contributed by atoms with Gasteiger partial charge < -0.3 is 15.5 Å². The van der Waals surface area contributed by atoms with Crippen LogP contribution in [0.2, 0.25) is 0 Å². The van der Waals surface area contributed by atoms with Crippen LogP contribution in [-0.2, 0) is 11.3 Å². The number of carbonyl (C=O) groups excluding carboxylic acids is 2. The van der Waals surface area contributed by atoms with Crippen LogP contribution in [0, 0.1) is 5.92 Å². The van der Waals surface area contributed by atoms with Crippen LogP contribution < -0.4 is 10.6 Å². The Balaban J connectivity index is 1.20. The maximum absolute atomic E-state index is 12.8. The van der Waals surface area contributed by atoms with E-state index in [0.717, 1.165) is 46.2 Å². The van der Waals surface area contributed by atoms with Crippen molar-refractivity contribution in [2.75, 3.05) is 24.7 Å². The highest BCUT2D eigenvalue weighted by Crippen LogP contribution is 2.48. The summed E-state index contributed by atoms with van der Waals surface area (Å²) in [5.41, 5.74) is 4.36. The normalized spacial score (nSPS) is 16.8. The lowest BCUT2D eigenvalue weighted by Gasteiger charge is -2.15. The fourth-order valence-corrected chi connectivity index (χ4v) is 4.45. The molecule has 1 fully saturated rings. The number of amides is 2. The lowest BCUT2D eigenvalue weighted by atomic mass is 10.1. The van der Waals surface area contributed by atoms with Crippen LogP contribution in [0.1, 0.15) is 33.8 Å². The molecule has 1 heterocycles. The summed E-state index contributed by atoms with van der Waals surface area (Å²) in [6.07, 6.45) is 4.37. The van der Waals surface area contributed by atoms with Crippen molar-refractivity contribution < 1.29 is 9.59 Å². The lowest BCUT2D eigenvalue weighted by molar-refractivity contribution is -0.117. The van der Waals surface area contributed by atoms with Gasteiger partial charge in [-0.25, -0.2) is 0 Å². The molecule has 6 heteroatoms. The number of aromatic nitrogens is 1. The minimum Gasteiger partial charge on any atom is -0.326 e. The molecule has 35 heavy (non-hydrogen) atoms. The molecule has 176 valence electrons. The number of benzene rings is 3. The molecule has 0 spiro atoms. The zero-order valence-electron chi connectivity index (χ0n) is 19.9. The molecule has 2 amide bonds. The van der Waals surface area contributed by atoms with E-state index >= 15 is 0 Å². The number of pyridine rings is 1. The third-order valence-electron chi connectivity index (χ3n) is 6.39. The summed E-state index contributed by atoms with van der Waals surface area (Å²) in [7, 11) is 4.00. The number of para-hydroxylation sites is 1. The molecule has 1 aliphatic carbocycles. The second-order valence-corrected chi connectivity index (χ2v) is 9.35. The standard InChI is InChI=1S/C29H28N4O2/c1-33(2)18-23-5-3-4-6-27(23)32-28(34)20-9-7-19(8-10-20)25-16-26(25)29(35)31-24-12-11-22-17-30-14-13-21(22)15-24/h3-15,17,25-26H,16,18H2,1-2H3,(H,31,35)(H,32,34)/t25?,26-/m1/s1. The lowest BCUT2D eigenvalue weighted by Crippen LogP contribution is -2.16. The summed E-state index contributed by atoms with van der Waals surface area (Å²) < 4.78 is 0. The maximum Gasteiger partial charge on any atom is 0.255 e. The first kappa shape index (κ1) is 22.7. The molecule has 1 aliphatic rings. The van der Waals surface area contributed by atoms with Crippen LogP contribution in [0.4, 0.5) is 11.4 Å². The number of nitrogens with zero attached hydrogens (tertiary/aromatic N) is 2. The molecule has 2 atom stereocenters. The molecule has 0 aliphatic heterocycles. The molecular formula is C29H28N4O2. The predicted molar refractivity (Wildman–Crippen MR) is 139 cm³/mol. The van der Waals surface area contributed by atoms with Gasteiger partial charge in [0.2, 0.25) is 5.91 Å². The summed E-state index contributed by atoms with van der Waals surface area (Å²) >= 11 is 0.